The molecule has 152 valence electrons. The number of anilines is 1. The first-order valence-electron chi connectivity index (χ1n) is 9.14. The number of hydrogen-bond acceptors (Lipinski definition) is 4. The number of halogens is 1. The number of para-hydroxylation sites is 1. The molecule has 4 rings (SSSR count). The summed E-state index contributed by atoms with van der Waals surface area (Å²) in [7, 11) is -3.71. The summed E-state index contributed by atoms with van der Waals surface area (Å²) >= 11 is 2.12. The third-order valence-electron chi connectivity index (χ3n) is 4.78. The molecule has 0 saturated heterocycles. The molecule has 3 aromatic carbocycles. The van der Waals surface area contributed by atoms with Crippen molar-refractivity contribution < 1.29 is 8.42 Å². The number of fused-ring (bicyclic) bond motifs is 1. The van der Waals surface area contributed by atoms with Gasteiger partial charge in [0.1, 0.15) is 5.82 Å². The molecule has 0 bridgehead atoms. The van der Waals surface area contributed by atoms with Crippen LogP contribution in [0.4, 0.5) is 5.69 Å². The SMILES string of the molecule is Cc1cc(-n2c(C)nc3ccccc3c2=O)ccc1NS(=O)(=O)c1ccc(I)cc1. The zero-order valence-electron chi connectivity index (χ0n) is 16.3. The number of benzene rings is 3. The van der Waals surface area contributed by atoms with Crippen LogP contribution in [-0.2, 0) is 10.0 Å². The van der Waals surface area contributed by atoms with Crippen molar-refractivity contribution in [3.05, 3.63) is 92.0 Å². The van der Waals surface area contributed by atoms with Crippen molar-refractivity contribution in [2.24, 2.45) is 0 Å². The van der Waals surface area contributed by atoms with E-state index in [2.05, 4.69) is 32.3 Å². The van der Waals surface area contributed by atoms with Gasteiger partial charge in [-0.15, -0.1) is 0 Å². The fourth-order valence-electron chi connectivity index (χ4n) is 3.27. The van der Waals surface area contributed by atoms with E-state index in [9.17, 15) is 13.2 Å². The Balaban J connectivity index is 1.73. The Labute approximate surface area is 187 Å². The summed E-state index contributed by atoms with van der Waals surface area (Å²) in [6.07, 6.45) is 0. The van der Waals surface area contributed by atoms with Crippen LogP contribution >= 0.6 is 22.6 Å². The standard InChI is InChI=1S/C22H18IN3O3S/c1-14-13-17(26-15(2)24-21-6-4-3-5-19(21)22(26)27)9-12-20(14)25-30(28,29)18-10-7-16(23)8-11-18/h3-13,25H,1-2H3. The monoisotopic (exact) mass is 531 g/mol. The molecule has 0 aliphatic carbocycles. The summed E-state index contributed by atoms with van der Waals surface area (Å²) in [5, 5.41) is 0.532. The van der Waals surface area contributed by atoms with Gasteiger partial charge < -0.3 is 0 Å². The lowest BCUT2D eigenvalue weighted by molar-refractivity contribution is 0.601. The molecule has 0 amide bonds. The topological polar surface area (TPSA) is 81.1 Å². The Hall–Kier alpha value is -2.72. The number of aromatic nitrogens is 2. The van der Waals surface area contributed by atoms with Crippen LogP contribution in [0.1, 0.15) is 11.4 Å². The molecule has 0 saturated carbocycles. The van der Waals surface area contributed by atoms with Gasteiger partial charge in [0.15, 0.2) is 0 Å². The molecule has 1 N–H and O–H groups in total. The van der Waals surface area contributed by atoms with E-state index in [0.717, 1.165) is 3.57 Å². The van der Waals surface area contributed by atoms with Crippen molar-refractivity contribution in [3.63, 3.8) is 0 Å². The van der Waals surface area contributed by atoms with E-state index in [1.165, 1.54) is 4.57 Å². The molecule has 30 heavy (non-hydrogen) atoms. The minimum absolute atomic E-state index is 0.162. The summed E-state index contributed by atoms with van der Waals surface area (Å²) < 4.78 is 30.5. The molecule has 1 aromatic heterocycles. The van der Waals surface area contributed by atoms with E-state index in [4.69, 9.17) is 0 Å². The smallest absolute Gasteiger partial charge is 0.265 e. The highest BCUT2D eigenvalue weighted by atomic mass is 127. The van der Waals surface area contributed by atoms with Gasteiger partial charge in [-0.3, -0.25) is 14.1 Å². The maximum absolute atomic E-state index is 13.0. The fraction of sp³-hybridized carbons (Fsp3) is 0.0909. The van der Waals surface area contributed by atoms with Gasteiger partial charge in [0.2, 0.25) is 0 Å². The van der Waals surface area contributed by atoms with E-state index in [1.807, 2.05) is 12.1 Å². The minimum atomic E-state index is -3.71. The van der Waals surface area contributed by atoms with E-state index in [-0.39, 0.29) is 10.5 Å². The van der Waals surface area contributed by atoms with Gasteiger partial charge in [0.05, 0.1) is 27.2 Å². The molecular formula is C22H18IN3O3S. The third-order valence-corrected chi connectivity index (χ3v) is 6.88. The highest BCUT2D eigenvalue weighted by molar-refractivity contribution is 14.1. The summed E-state index contributed by atoms with van der Waals surface area (Å²) in [6.45, 7) is 3.57. The molecule has 0 radical (unpaired) electrons. The summed E-state index contributed by atoms with van der Waals surface area (Å²) in [4.78, 5) is 17.7. The van der Waals surface area contributed by atoms with Crippen molar-refractivity contribution >= 4 is 49.2 Å². The van der Waals surface area contributed by atoms with Gasteiger partial charge in [-0.2, -0.15) is 0 Å². The maximum Gasteiger partial charge on any atom is 0.265 e. The Kier molecular flexibility index (Phi) is 5.37. The quantitative estimate of drug-likeness (QED) is 0.396. The molecule has 4 aromatic rings. The van der Waals surface area contributed by atoms with E-state index in [1.54, 1.807) is 68.4 Å². The van der Waals surface area contributed by atoms with Crippen LogP contribution in [0, 0.1) is 17.4 Å². The van der Waals surface area contributed by atoms with Crippen LogP contribution in [0.2, 0.25) is 0 Å². The molecule has 0 unspecified atom stereocenters. The second kappa shape index (κ2) is 7.84. The summed E-state index contributed by atoms with van der Waals surface area (Å²) in [6, 6.07) is 19.0. The van der Waals surface area contributed by atoms with Crippen molar-refractivity contribution in [3.8, 4) is 5.69 Å². The summed E-state index contributed by atoms with van der Waals surface area (Å²) in [5.74, 6) is 0.560. The lowest BCUT2D eigenvalue weighted by atomic mass is 10.1. The number of nitrogens with one attached hydrogen (secondary N) is 1. The van der Waals surface area contributed by atoms with Crippen molar-refractivity contribution in [2.75, 3.05) is 4.72 Å². The van der Waals surface area contributed by atoms with E-state index < -0.39 is 10.0 Å². The first-order chi connectivity index (χ1) is 14.3. The molecule has 0 atom stereocenters. The Morgan fingerprint density at radius 2 is 1.67 bits per heavy atom. The zero-order chi connectivity index (χ0) is 21.5. The largest absolute Gasteiger partial charge is 0.279 e. The fourth-order valence-corrected chi connectivity index (χ4v) is 4.76. The van der Waals surface area contributed by atoms with Crippen molar-refractivity contribution in [1.82, 2.24) is 9.55 Å². The first-order valence-corrected chi connectivity index (χ1v) is 11.7. The number of hydrogen-bond donors (Lipinski definition) is 1. The van der Waals surface area contributed by atoms with Gasteiger partial charge in [-0.25, -0.2) is 13.4 Å². The van der Waals surface area contributed by atoms with E-state index >= 15 is 0 Å². The van der Waals surface area contributed by atoms with Crippen molar-refractivity contribution in [2.45, 2.75) is 18.7 Å². The van der Waals surface area contributed by atoms with E-state index in [0.29, 0.717) is 33.7 Å². The van der Waals surface area contributed by atoms with Crippen LogP contribution < -0.4 is 10.3 Å². The highest BCUT2D eigenvalue weighted by Gasteiger charge is 2.16. The first kappa shape index (κ1) is 20.5. The van der Waals surface area contributed by atoms with Crippen molar-refractivity contribution in [1.29, 1.82) is 0 Å². The van der Waals surface area contributed by atoms with Gasteiger partial charge in [0, 0.05) is 3.57 Å². The molecule has 0 fully saturated rings. The zero-order valence-corrected chi connectivity index (χ0v) is 19.2. The van der Waals surface area contributed by atoms with Gasteiger partial charge in [-0.05, 0) is 96.6 Å². The van der Waals surface area contributed by atoms with Crippen LogP contribution in [0.15, 0.2) is 76.4 Å². The lowest BCUT2D eigenvalue weighted by Gasteiger charge is -2.15. The molecule has 8 heteroatoms. The predicted molar refractivity (Wildman–Crippen MR) is 127 cm³/mol. The summed E-state index contributed by atoms with van der Waals surface area (Å²) in [5.41, 5.74) is 2.27. The Morgan fingerprint density at radius 1 is 0.967 bits per heavy atom. The molecule has 0 spiro atoms. The van der Waals surface area contributed by atoms with Gasteiger partial charge in [-0.1, -0.05) is 12.1 Å². The average molecular weight is 531 g/mol. The molecule has 1 heterocycles. The number of nitrogens with zero attached hydrogens (tertiary/aromatic N) is 2. The van der Waals surface area contributed by atoms with Gasteiger partial charge >= 0.3 is 0 Å². The van der Waals surface area contributed by atoms with Crippen LogP contribution in [0.5, 0.6) is 0 Å². The second-order valence-electron chi connectivity index (χ2n) is 6.88. The van der Waals surface area contributed by atoms with Crippen LogP contribution in [-0.4, -0.2) is 18.0 Å². The highest BCUT2D eigenvalue weighted by Crippen LogP contribution is 2.23. The predicted octanol–water partition coefficient (Wildman–Crippen LogP) is 4.41. The Bertz CT molecular complexity index is 1430. The number of sulfonamides is 1. The molecule has 0 aliphatic heterocycles. The molecule has 0 aliphatic rings. The number of aryl methyl sites for hydroxylation is 2. The normalized spacial score (nSPS) is 11.6. The Morgan fingerprint density at radius 3 is 2.37 bits per heavy atom. The average Bonchev–Trinajstić information content (AvgIpc) is 2.70. The third kappa shape index (κ3) is 3.84. The minimum Gasteiger partial charge on any atom is -0.279 e. The van der Waals surface area contributed by atoms with Gasteiger partial charge in [0.25, 0.3) is 15.6 Å². The maximum atomic E-state index is 13.0. The lowest BCUT2D eigenvalue weighted by Crippen LogP contribution is -2.22. The molecule has 6 nitrogen and oxygen atoms in total. The van der Waals surface area contributed by atoms with Crippen LogP contribution in [0.25, 0.3) is 16.6 Å². The second-order valence-corrected chi connectivity index (χ2v) is 9.80. The molecular weight excluding hydrogens is 513 g/mol. The number of rotatable bonds is 4. The van der Waals surface area contributed by atoms with Crippen LogP contribution in [0.3, 0.4) is 0 Å².